The Bertz CT molecular complexity index is 516. The van der Waals surface area contributed by atoms with Crippen molar-refractivity contribution >= 4 is 23.5 Å². The molecule has 1 aromatic rings. The highest BCUT2D eigenvalue weighted by Gasteiger charge is 2.10. The second-order valence-corrected chi connectivity index (χ2v) is 6.38. The molecular weight excluding hydrogens is 340 g/mol. The monoisotopic (exact) mass is 368 g/mol. The van der Waals surface area contributed by atoms with Gasteiger partial charge in [-0.1, -0.05) is 44.7 Å². The standard InChI is InChI=1S/C20H29ClO4/c1-2-17-10-9-11-18(16-17)25-20(23)13-12-19(22)24-15-8-6-4-3-5-7-14-21/h9-11,16H,2-8,12-15H2,1H3. The van der Waals surface area contributed by atoms with Crippen LogP contribution in [0.25, 0.3) is 0 Å². The van der Waals surface area contributed by atoms with Crippen LogP contribution in [-0.4, -0.2) is 24.4 Å². The Hall–Kier alpha value is -1.55. The van der Waals surface area contributed by atoms with Crippen LogP contribution in [-0.2, 0) is 20.7 Å². The summed E-state index contributed by atoms with van der Waals surface area (Å²) in [6.07, 6.45) is 7.41. The molecule has 0 saturated carbocycles. The van der Waals surface area contributed by atoms with Gasteiger partial charge in [-0.25, -0.2) is 0 Å². The molecule has 0 aliphatic heterocycles. The lowest BCUT2D eigenvalue weighted by molar-refractivity contribution is -0.147. The van der Waals surface area contributed by atoms with Crippen molar-refractivity contribution in [2.45, 2.75) is 64.7 Å². The summed E-state index contributed by atoms with van der Waals surface area (Å²) in [5, 5.41) is 0. The highest BCUT2D eigenvalue weighted by atomic mass is 35.5. The molecule has 0 radical (unpaired) electrons. The van der Waals surface area contributed by atoms with Crippen LogP contribution in [0.4, 0.5) is 0 Å². The molecule has 0 amide bonds. The number of benzene rings is 1. The smallest absolute Gasteiger partial charge is 0.311 e. The van der Waals surface area contributed by atoms with E-state index in [2.05, 4.69) is 0 Å². The average Bonchev–Trinajstić information content (AvgIpc) is 2.62. The normalized spacial score (nSPS) is 10.5. The Morgan fingerprint density at radius 1 is 0.960 bits per heavy atom. The Morgan fingerprint density at radius 3 is 2.36 bits per heavy atom. The summed E-state index contributed by atoms with van der Waals surface area (Å²) in [6.45, 7) is 2.46. The Balaban J connectivity index is 2.08. The number of rotatable bonds is 13. The highest BCUT2D eigenvalue weighted by molar-refractivity contribution is 6.17. The van der Waals surface area contributed by atoms with Gasteiger partial charge < -0.3 is 9.47 Å². The molecule has 4 nitrogen and oxygen atoms in total. The molecule has 0 unspecified atom stereocenters. The third-order valence-corrected chi connectivity index (χ3v) is 4.13. The van der Waals surface area contributed by atoms with Gasteiger partial charge in [0.2, 0.25) is 0 Å². The molecule has 0 N–H and O–H groups in total. The third kappa shape index (κ3) is 10.8. The van der Waals surface area contributed by atoms with Gasteiger partial charge in [-0.05, 0) is 37.0 Å². The molecule has 1 rings (SSSR count). The second kappa shape index (κ2) is 13.7. The van der Waals surface area contributed by atoms with Gasteiger partial charge >= 0.3 is 11.9 Å². The minimum absolute atomic E-state index is 0.0353. The first kappa shape index (κ1) is 21.5. The summed E-state index contributed by atoms with van der Waals surface area (Å²) >= 11 is 5.62. The zero-order valence-corrected chi connectivity index (χ0v) is 15.9. The number of halogens is 1. The van der Waals surface area contributed by atoms with Crippen LogP contribution >= 0.6 is 11.6 Å². The van der Waals surface area contributed by atoms with Crippen molar-refractivity contribution in [1.82, 2.24) is 0 Å². The van der Waals surface area contributed by atoms with E-state index in [1.165, 1.54) is 6.42 Å². The van der Waals surface area contributed by atoms with E-state index in [-0.39, 0.29) is 18.8 Å². The fourth-order valence-electron chi connectivity index (χ4n) is 2.38. The maximum atomic E-state index is 11.8. The molecule has 0 fully saturated rings. The first-order valence-electron chi connectivity index (χ1n) is 9.17. The number of ether oxygens (including phenoxy) is 2. The summed E-state index contributed by atoms with van der Waals surface area (Å²) in [7, 11) is 0. The lowest BCUT2D eigenvalue weighted by atomic mass is 10.1. The molecule has 140 valence electrons. The van der Waals surface area contributed by atoms with Crippen molar-refractivity contribution in [2.75, 3.05) is 12.5 Å². The van der Waals surface area contributed by atoms with Crippen LogP contribution in [0.2, 0.25) is 0 Å². The lowest BCUT2D eigenvalue weighted by Crippen LogP contribution is -2.13. The number of unbranched alkanes of at least 4 members (excludes halogenated alkanes) is 5. The van der Waals surface area contributed by atoms with E-state index >= 15 is 0 Å². The van der Waals surface area contributed by atoms with Gasteiger partial charge in [-0.15, -0.1) is 11.6 Å². The lowest BCUT2D eigenvalue weighted by Gasteiger charge is -2.06. The first-order valence-corrected chi connectivity index (χ1v) is 9.70. The van der Waals surface area contributed by atoms with E-state index in [9.17, 15) is 9.59 Å². The van der Waals surface area contributed by atoms with E-state index in [4.69, 9.17) is 21.1 Å². The molecule has 1 aromatic carbocycles. The van der Waals surface area contributed by atoms with Gasteiger partial charge in [0.1, 0.15) is 5.75 Å². The molecule has 0 heterocycles. The van der Waals surface area contributed by atoms with Crippen LogP contribution in [0.5, 0.6) is 5.75 Å². The topological polar surface area (TPSA) is 52.6 Å². The largest absolute Gasteiger partial charge is 0.466 e. The van der Waals surface area contributed by atoms with E-state index in [0.717, 1.165) is 50.0 Å². The minimum atomic E-state index is -0.413. The molecule has 25 heavy (non-hydrogen) atoms. The van der Waals surface area contributed by atoms with E-state index < -0.39 is 5.97 Å². The minimum Gasteiger partial charge on any atom is -0.466 e. The summed E-state index contributed by atoms with van der Waals surface area (Å²) in [5.41, 5.74) is 1.10. The molecule has 0 aliphatic rings. The molecule has 0 saturated heterocycles. The van der Waals surface area contributed by atoms with Crippen molar-refractivity contribution in [1.29, 1.82) is 0 Å². The van der Waals surface area contributed by atoms with Gasteiger partial charge in [0.05, 0.1) is 19.4 Å². The predicted octanol–water partition coefficient (Wildman–Crippen LogP) is 5.06. The molecule has 0 aliphatic carbocycles. The highest BCUT2D eigenvalue weighted by Crippen LogP contribution is 2.14. The van der Waals surface area contributed by atoms with E-state index in [1.54, 1.807) is 6.07 Å². The Morgan fingerprint density at radius 2 is 1.64 bits per heavy atom. The van der Waals surface area contributed by atoms with Crippen LogP contribution in [0, 0.1) is 0 Å². The van der Waals surface area contributed by atoms with Gasteiger partial charge in [-0.2, -0.15) is 0 Å². The molecular formula is C20H29ClO4. The number of carbonyl (C=O) groups is 2. The quantitative estimate of drug-likeness (QED) is 0.211. The first-order chi connectivity index (χ1) is 12.2. The van der Waals surface area contributed by atoms with Crippen LogP contribution in [0.3, 0.4) is 0 Å². The number of carbonyl (C=O) groups excluding carboxylic acids is 2. The molecule has 0 bridgehead atoms. The summed E-state index contributed by atoms with van der Waals surface area (Å²) in [6, 6.07) is 7.41. The molecule has 0 aromatic heterocycles. The fraction of sp³-hybridized carbons (Fsp3) is 0.600. The second-order valence-electron chi connectivity index (χ2n) is 6.01. The summed E-state index contributed by atoms with van der Waals surface area (Å²) < 4.78 is 10.4. The number of esters is 2. The van der Waals surface area contributed by atoms with Crippen molar-refractivity contribution in [3.63, 3.8) is 0 Å². The number of hydrogen-bond acceptors (Lipinski definition) is 4. The fourth-order valence-corrected chi connectivity index (χ4v) is 2.57. The Kier molecular flexibility index (Phi) is 11.8. The van der Waals surface area contributed by atoms with Gasteiger partial charge in [0.25, 0.3) is 0 Å². The Labute approximate surface area is 155 Å². The van der Waals surface area contributed by atoms with Gasteiger partial charge in [0, 0.05) is 5.88 Å². The van der Waals surface area contributed by atoms with E-state index in [0.29, 0.717) is 12.4 Å². The zero-order valence-electron chi connectivity index (χ0n) is 15.1. The SMILES string of the molecule is CCc1cccc(OC(=O)CCC(=O)OCCCCCCCCCl)c1. The third-order valence-electron chi connectivity index (χ3n) is 3.86. The van der Waals surface area contributed by atoms with Crippen LogP contribution in [0.15, 0.2) is 24.3 Å². The van der Waals surface area contributed by atoms with Crippen LogP contribution in [0.1, 0.15) is 63.9 Å². The van der Waals surface area contributed by atoms with Gasteiger partial charge in [-0.3, -0.25) is 9.59 Å². The summed E-state index contributed by atoms with van der Waals surface area (Å²) in [4.78, 5) is 23.4. The predicted molar refractivity (Wildman–Crippen MR) is 100 cm³/mol. The van der Waals surface area contributed by atoms with Crippen molar-refractivity contribution in [3.05, 3.63) is 29.8 Å². The molecule has 0 spiro atoms. The van der Waals surface area contributed by atoms with Crippen molar-refractivity contribution in [2.24, 2.45) is 0 Å². The maximum Gasteiger partial charge on any atom is 0.311 e. The van der Waals surface area contributed by atoms with Crippen molar-refractivity contribution < 1.29 is 19.1 Å². The maximum absolute atomic E-state index is 11.8. The van der Waals surface area contributed by atoms with Crippen molar-refractivity contribution in [3.8, 4) is 5.75 Å². The van der Waals surface area contributed by atoms with E-state index in [1.807, 2.05) is 25.1 Å². The van der Waals surface area contributed by atoms with Gasteiger partial charge in [0.15, 0.2) is 0 Å². The number of alkyl halides is 1. The average molecular weight is 369 g/mol. The molecule has 0 atom stereocenters. The van der Waals surface area contributed by atoms with Crippen LogP contribution < -0.4 is 4.74 Å². The zero-order chi connectivity index (χ0) is 18.3. The molecule has 5 heteroatoms. The number of aryl methyl sites for hydroxylation is 1. The summed E-state index contributed by atoms with van der Waals surface area (Å²) in [5.74, 6) is 0.488. The number of hydrogen-bond donors (Lipinski definition) is 0.